The van der Waals surface area contributed by atoms with Gasteiger partial charge in [-0.05, 0) is 25.7 Å². The average Bonchev–Trinajstić information content (AvgIpc) is 1.79. The molecular weight excluding hydrogens is 181 g/mol. The lowest BCUT2D eigenvalue weighted by Crippen LogP contribution is -2.28. The summed E-state index contributed by atoms with van der Waals surface area (Å²) < 4.78 is 35.4. The first-order valence-corrected chi connectivity index (χ1v) is 4.41. The fraction of sp³-hybridized carbons (Fsp3) is 1.00. The van der Waals surface area contributed by atoms with Gasteiger partial charge in [-0.3, -0.25) is 0 Å². The van der Waals surface area contributed by atoms with E-state index in [1.54, 1.807) is 0 Å². The van der Waals surface area contributed by atoms with E-state index in [9.17, 15) is 18.3 Å². The molecule has 0 spiro atoms. The first-order chi connectivity index (χ1) is 5.62. The largest absolute Gasteiger partial charge is 0.390 e. The van der Waals surface area contributed by atoms with Crippen molar-refractivity contribution >= 4 is 0 Å². The minimum Gasteiger partial charge on any atom is -0.390 e. The smallest absolute Gasteiger partial charge is 0.389 e. The van der Waals surface area contributed by atoms with Crippen LogP contribution in [0.25, 0.3) is 0 Å². The van der Waals surface area contributed by atoms with Gasteiger partial charge in [0.15, 0.2) is 0 Å². The van der Waals surface area contributed by atoms with Crippen LogP contribution in [0.4, 0.5) is 13.2 Å². The van der Waals surface area contributed by atoms with Gasteiger partial charge in [-0.1, -0.05) is 13.8 Å². The summed E-state index contributed by atoms with van der Waals surface area (Å²) in [5, 5.41) is 9.55. The molecule has 0 aliphatic carbocycles. The summed E-state index contributed by atoms with van der Waals surface area (Å²) in [7, 11) is 0. The van der Waals surface area contributed by atoms with E-state index in [1.165, 1.54) is 6.92 Å². The van der Waals surface area contributed by atoms with Crippen LogP contribution in [0, 0.1) is 5.92 Å². The van der Waals surface area contributed by atoms with Crippen molar-refractivity contribution in [3.63, 3.8) is 0 Å². The molecule has 0 amide bonds. The molecule has 1 atom stereocenters. The summed E-state index contributed by atoms with van der Waals surface area (Å²) in [6.45, 7) is 5.21. The van der Waals surface area contributed by atoms with Crippen molar-refractivity contribution in [1.29, 1.82) is 0 Å². The highest BCUT2D eigenvalue weighted by molar-refractivity contribution is 4.75. The van der Waals surface area contributed by atoms with Crippen LogP contribution >= 0.6 is 0 Å². The summed E-state index contributed by atoms with van der Waals surface area (Å²) in [5.41, 5.74) is -1.19. The van der Waals surface area contributed by atoms with Crippen LogP contribution in [0.2, 0.25) is 0 Å². The predicted octanol–water partition coefficient (Wildman–Crippen LogP) is 3.13. The number of rotatable bonds is 4. The Kier molecular flexibility index (Phi) is 4.23. The van der Waals surface area contributed by atoms with Crippen LogP contribution in [0.5, 0.6) is 0 Å². The molecule has 13 heavy (non-hydrogen) atoms. The summed E-state index contributed by atoms with van der Waals surface area (Å²) in [6.07, 6.45) is -4.88. The molecule has 0 saturated heterocycles. The Labute approximate surface area is 76.9 Å². The molecule has 0 aromatic heterocycles. The molecule has 0 heterocycles. The van der Waals surface area contributed by atoms with Crippen molar-refractivity contribution in [2.45, 2.75) is 51.8 Å². The summed E-state index contributed by atoms with van der Waals surface area (Å²) in [5.74, 6) is 0.211. The average molecular weight is 198 g/mol. The highest BCUT2D eigenvalue weighted by Gasteiger charge is 2.32. The minimum atomic E-state index is -4.17. The van der Waals surface area contributed by atoms with Crippen LogP contribution in [0.1, 0.15) is 40.0 Å². The van der Waals surface area contributed by atoms with Crippen LogP contribution in [0.15, 0.2) is 0 Å². The second-order valence-electron chi connectivity index (χ2n) is 4.21. The molecule has 0 radical (unpaired) electrons. The van der Waals surface area contributed by atoms with Gasteiger partial charge in [0, 0.05) is 6.42 Å². The Morgan fingerprint density at radius 2 is 1.62 bits per heavy atom. The van der Waals surface area contributed by atoms with Gasteiger partial charge in [0.25, 0.3) is 0 Å². The standard InChI is InChI=1S/C9H17F3O/c1-7(2)6-8(3,13)4-5-9(10,11)12/h7,13H,4-6H2,1-3H3. The van der Waals surface area contributed by atoms with E-state index in [0.29, 0.717) is 6.42 Å². The lowest BCUT2D eigenvalue weighted by Gasteiger charge is -2.25. The van der Waals surface area contributed by atoms with Gasteiger partial charge < -0.3 is 5.11 Å². The first-order valence-electron chi connectivity index (χ1n) is 4.41. The van der Waals surface area contributed by atoms with Gasteiger partial charge in [-0.2, -0.15) is 13.2 Å². The third-order valence-electron chi connectivity index (χ3n) is 1.80. The molecule has 0 rings (SSSR count). The van der Waals surface area contributed by atoms with Gasteiger partial charge in [-0.15, -0.1) is 0 Å². The molecule has 0 aliphatic rings. The predicted molar refractivity (Wildman–Crippen MR) is 45.4 cm³/mol. The molecule has 80 valence electrons. The zero-order chi connectivity index (χ0) is 10.7. The summed E-state index contributed by atoms with van der Waals surface area (Å²) in [6, 6.07) is 0. The van der Waals surface area contributed by atoms with Gasteiger partial charge in [0.2, 0.25) is 0 Å². The van der Waals surface area contributed by atoms with Gasteiger partial charge in [0.1, 0.15) is 0 Å². The lowest BCUT2D eigenvalue weighted by molar-refractivity contribution is -0.146. The second-order valence-corrected chi connectivity index (χ2v) is 4.21. The number of aliphatic hydroxyl groups is 1. The lowest BCUT2D eigenvalue weighted by atomic mass is 9.90. The zero-order valence-corrected chi connectivity index (χ0v) is 8.28. The Morgan fingerprint density at radius 3 is 1.92 bits per heavy atom. The van der Waals surface area contributed by atoms with E-state index in [2.05, 4.69) is 0 Å². The van der Waals surface area contributed by atoms with E-state index in [0.717, 1.165) is 0 Å². The van der Waals surface area contributed by atoms with Crippen molar-refractivity contribution in [3.8, 4) is 0 Å². The fourth-order valence-electron chi connectivity index (χ4n) is 1.39. The van der Waals surface area contributed by atoms with E-state index >= 15 is 0 Å². The molecule has 4 heteroatoms. The van der Waals surface area contributed by atoms with Crippen LogP contribution in [-0.2, 0) is 0 Å². The van der Waals surface area contributed by atoms with Crippen molar-refractivity contribution in [2.75, 3.05) is 0 Å². The maximum absolute atomic E-state index is 11.8. The van der Waals surface area contributed by atoms with E-state index in [-0.39, 0.29) is 12.3 Å². The molecule has 1 nitrogen and oxygen atoms in total. The van der Waals surface area contributed by atoms with Crippen molar-refractivity contribution in [1.82, 2.24) is 0 Å². The normalized spacial score (nSPS) is 17.5. The van der Waals surface area contributed by atoms with Crippen LogP contribution in [-0.4, -0.2) is 16.9 Å². The van der Waals surface area contributed by atoms with Crippen molar-refractivity contribution in [2.24, 2.45) is 5.92 Å². The van der Waals surface area contributed by atoms with Crippen molar-refractivity contribution in [3.05, 3.63) is 0 Å². The van der Waals surface area contributed by atoms with E-state index in [1.807, 2.05) is 13.8 Å². The maximum atomic E-state index is 11.8. The Bertz CT molecular complexity index is 149. The highest BCUT2D eigenvalue weighted by atomic mass is 19.4. The molecule has 0 aliphatic heterocycles. The molecule has 0 aromatic rings. The molecule has 1 N–H and O–H groups in total. The molecule has 1 unspecified atom stereocenters. The van der Waals surface area contributed by atoms with E-state index < -0.39 is 18.2 Å². The highest BCUT2D eigenvalue weighted by Crippen LogP contribution is 2.28. The third kappa shape index (κ3) is 8.09. The molecule has 0 bridgehead atoms. The summed E-state index contributed by atoms with van der Waals surface area (Å²) >= 11 is 0. The van der Waals surface area contributed by atoms with Crippen molar-refractivity contribution < 1.29 is 18.3 Å². The van der Waals surface area contributed by atoms with Gasteiger partial charge in [-0.25, -0.2) is 0 Å². The molecule has 0 aromatic carbocycles. The van der Waals surface area contributed by atoms with Gasteiger partial charge in [0.05, 0.1) is 5.60 Å². The Hall–Kier alpha value is -0.250. The third-order valence-corrected chi connectivity index (χ3v) is 1.80. The summed E-state index contributed by atoms with van der Waals surface area (Å²) in [4.78, 5) is 0. The van der Waals surface area contributed by atoms with Gasteiger partial charge >= 0.3 is 6.18 Å². The SMILES string of the molecule is CC(C)CC(C)(O)CCC(F)(F)F. The topological polar surface area (TPSA) is 20.2 Å². The number of alkyl halides is 3. The Morgan fingerprint density at radius 1 is 1.15 bits per heavy atom. The number of hydrogen-bond acceptors (Lipinski definition) is 1. The quantitative estimate of drug-likeness (QED) is 0.735. The molecule has 0 fully saturated rings. The zero-order valence-electron chi connectivity index (χ0n) is 8.28. The molecule has 0 saturated carbocycles. The van der Waals surface area contributed by atoms with Crippen LogP contribution < -0.4 is 0 Å². The maximum Gasteiger partial charge on any atom is 0.389 e. The van der Waals surface area contributed by atoms with E-state index in [4.69, 9.17) is 0 Å². The number of halogens is 3. The first kappa shape index (κ1) is 12.8. The minimum absolute atomic E-state index is 0.211. The fourth-order valence-corrected chi connectivity index (χ4v) is 1.39. The Balaban J connectivity index is 3.89. The van der Waals surface area contributed by atoms with Crippen LogP contribution in [0.3, 0.4) is 0 Å². The number of hydrogen-bond donors (Lipinski definition) is 1. The molecular formula is C9H17F3O. The second kappa shape index (κ2) is 4.31. The monoisotopic (exact) mass is 198 g/mol.